The number of hydrogen-bond acceptors (Lipinski definition) is 2. The van der Waals surface area contributed by atoms with Crippen LogP contribution in [0.3, 0.4) is 0 Å². The molecule has 0 radical (unpaired) electrons. The highest BCUT2D eigenvalue weighted by Gasteiger charge is 2.28. The van der Waals surface area contributed by atoms with E-state index >= 15 is 0 Å². The molecule has 0 aromatic heterocycles. The standard InChI is InChI=1S/C15H23NO/c1-11-10-17-14-8-6-5-7-12(14)13(11)9-16-15(2,3)4/h5-8,11,13,16H,9-10H2,1-4H3. The monoisotopic (exact) mass is 233 g/mol. The average molecular weight is 233 g/mol. The van der Waals surface area contributed by atoms with Crippen LogP contribution >= 0.6 is 0 Å². The molecule has 0 fully saturated rings. The van der Waals surface area contributed by atoms with Crippen molar-refractivity contribution in [1.82, 2.24) is 5.32 Å². The first-order valence-corrected chi connectivity index (χ1v) is 6.44. The molecule has 0 saturated carbocycles. The molecule has 1 heterocycles. The van der Waals surface area contributed by atoms with Crippen molar-refractivity contribution in [2.75, 3.05) is 13.2 Å². The van der Waals surface area contributed by atoms with E-state index in [1.807, 2.05) is 6.07 Å². The summed E-state index contributed by atoms with van der Waals surface area (Å²) in [5.41, 5.74) is 1.52. The zero-order valence-electron chi connectivity index (χ0n) is 11.3. The summed E-state index contributed by atoms with van der Waals surface area (Å²) in [4.78, 5) is 0. The average Bonchev–Trinajstić information content (AvgIpc) is 2.26. The molecular weight excluding hydrogens is 210 g/mol. The highest BCUT2D eigenvalue weighted by atomic mass is 16.5. The van der Waals surface area contributed by atoms with E-state index < -0.39 is 0 Å². The number of benzene rings is 1. The number of hydrogen-bond donors (Lipinski definition) is 1. The Hall–Kier alpha value is -1.02. The number of nitrogens with one attached hydrogen (secondary N) is 1. The van der Waals surface area contributed by atoms with Crippen molar-refractivity contribution >= 4 is 0 Å². The first-order valence-electron chi connectivity index (χ1n) is 6.44. The third-order valence-corrected chi connectivity index (χ3v) is 3.36. The van der Waals surface area contributed by atoms with E-state index in [0.29, 0.717) is 11.8 Å². The van der Waals surface area contributed by atoms with Gasteiger partial charge in [-0.25, -0.2) is 0 Å². The van der Waals surface area contributed by atoms with Gasteiger partial charge in [0.2, 0.25) is 0 Å². The van der Waals surface area contributed by atoms with Crippen LogP contribution in [0.2, 0.25) is 0 Å². The molecule has 1 aliphatic rings. The summed E-state index contributed by atoms with van der Waals surface area (Å²) in [6.45, 7) is 10.7. The van der Waals surface area contributed by atoms with Crippen LogP contribution in [-0.2, 0) is 0 Å². The van der Waals surface area contributed by atoms with Crippen molar-refractivity contribution < 1.29 is 4.74 Å². The zero-order chi connectivity index (χ0) is 12.5. The van der Waals surface area contributed by atoms with Crippen LogP contribution in [0, 0.1) is 5.92 Å². The molecule has 94 valence electrons. The van der Waals surface area contributed by atoms with Crippen molar-refractivity contribution in [2.45, 2.75) is 39.2 Å². The Bertz CT molecular complexity index is 381. The van der Waals surface area contributed by atoms with Crippen LogP contribution in [0.15, 0.2) is 24.3 Å². The van der Waals surface area contributed by atoms with Gasteiger partial charge in [0.05, 0.1) is 6.61 Å². The maximum Gasteiger partial charge on any atom is 0.122 e. The van der Waals surface area contributed by atoms with Crippen LogP contribution in [0.4, 0.5) is 0 Å². The second-order valence-corrected chi connectivity index (χ2v) is 6.06. The summed E-state index contributed by atoms with van der Waals surface area (Å²) in [6, 6.07) is 8.42. The Balaban J connectivity index is 2.15. The summed E-state index contributed by atoms with van der Waals surface area (Å²) in [6.07, 6.45) is 0. The normalized spacial score (nSPS) is 24.0. The third kappa shape index (κ3) is 3.01. The highest BCUT2D eigenvalue weighted by molar-refractivity contribution is 5.38. The van der Waals surface area contributed by atoms with E-state index in [-0.39, 0.29) is 5.54 Å². The maximum atomic E-state index is 5.77. The van der Waals surface area contributed by atoms with E-state index in [1.54, 1.807) is 0 Å². The lowest BCUT2D eigenvalue weighted by molar-refractivity contribution is 0.197. The Kier molecular flexibility index (Phi) is 3.43. The van der Waals surface area contributed by atoms with Gasteiger partial charge < -0.3 is 10.1 Å². The van der Waals surface area contributed by atoms with Gasteiger partial charge in [-0.3, -0.25) is 0 Å². The fraction of sp³-hybridized carbons (Fsp3) is 0.600. The topological polar surface area (TPSA) is 21.3 Å². The van der Waals surface area contributed by atoms with Gasteiger partial charge in [-0.15, -0.1) is 0 Å². The molecule has 0 spiro atoms. The van der Waals surface area contributed by atoms with Gasteiger partial charge in [-0.05, 0) is 38.3 Å². The number of fused-ring (bicyclic) bond motifs is 1. The highest BCUT2D eigenvalue weighted by Crippen LogP contribution is 2.36. The lowest BCUT2D eigenvalue weighted by Gasteiger charge is -2.34. The van der Waals surface area contributed by atoms with Crippen molar-refractivity contribution in [1.29, 1.82) is 0 Å². The van der Waals surface area contributed by atoms with Crippen molar-refractivity contribution in [3.05, 3.63) is 29.8 Å². The van der Waals surface area contributed by atoms with E-state index in [0.717, 1.165) is 18.9 Å². The molecule has 1 aromatic rings. The maximum absolute atomic E-state index is 5.77. The lowest BCUT2D eigenvalue weighted by Crippen LogP contribution is -2.41. The van der Waals surface area contributed by atoms with Gasteiger partial charge >= 0.3 is 0 Å². The van der Waals surface area contributed by atoms with Crippen molar-refractivity contribution in [3.63, 3.8) is 0 Å². The Morgan fingerprint density at radius 2 is 2.00 bits per heavy atom. The molecule has 2 rings (SSSR count). The summed E-state index contributed by atoms with van der Waals surface area (Å²) < 4.78 is 5.77. The molecule has 17 heavy (non-hydrogen) atoms. The van der Waals surface area contributed by atoms with Crippen molar-refractivity contribution in [2.24, 2.45) is 5.92 Å². The summed E-state index contributed by atoms with van der Waals surface area (Å²) >= 11 is 0. The molecule has 0 saturated heterocycles. The van der Waals surface area contributed by atoms with E-state index in [4.69, 9.17) is 4.74 Å². The van der Waals surface area contributed by atoms with E-state index in [2.05, 4.69) is 51.2 Å². The number of para-hydroxylation sites is 1. The molecule has 0 aliphatic carbocycles. The Labute approximate surface area is 104 Å². The summed E-state index contributed by atoms with van der Waals surface area (Å²) in [7, 11) is 0. The second-order valence-electron chi connectivity index (χ2n) is 6.06. The molecule has 2 heteroatoms. The first-order chi connectivity index (χ1) is 7.97. The van der Waals surface area contributed by atoms with Gasteiger partial charge in [0.1, 0.15) is 5.75 Å². The minimum absolute atomic E-state index is 0.174. The fourth-order valence-electron chi connectivity index (χ4n) is 2.29. The first kappa shape index (κ1) is 12.4. The van der Waals surface area contributed by atoms with Gasteiger partial charge in [-0.2, -0.15) is 0 Å². The summed E-state index contributed by atoms with van der Waals surface area (Å²) in [5.74, 6) is 2.19. The number of rotatable bonds is 2. The quantitative estimate of drug-likeness (QED) is 0.847. The Morgan fingerprint density at radius 3 is 2.71 bits per heavy atom. The SMILES string of the molecule is CC1COc2ccccc2C1CNC(C)(C)C. The minimum Gasteiger partial charge on any atom is -0.493 e. The fourth-order valence-corrected chi connectivity index (χ4v) is 2.29. The molecule has 1 N–H and O–H groups in total. The third-order valence-electron chi connectivity index (χ3n) is 3.36. The molecule has 0 bridgehead atoms. The second kappa shape index (κ2) is 4.69. The smallest absolute Gasteiger partial charge is 0.122 e. The van der Waals surface area contributed by atoms with Gasteiger partial charge in [0.15, 0.2) is 0 Å². The molecule has 2 nitrogen and oxygen atoms in total. The molecule has 1 aromatic carbocycles. The van der Waals surface area contributed by atoms with Crippen LogP contribution in [0.5, 0.6) is 5.75 Å². The molecule has 2 unspecified atom stereocenters. The van der Waals surface area contributed by atoms with Crippen LogP contribution in [0.25, 0.3) is 0 Å². The van der Waals surface area contributed by atoms with Gasteiger partial charge in [0.25, 0.3) is 0 Å². The minimum atomic E-state index is 0.174. The van der Waals surface area contributed by atoms with Crippen molar-refractivity contribution in [3.8, 4) is 5.75 Å². The van der Waals surface area contributed by atoms with Crippen LogP contribution < -0.4 is 10.1 Å². The number of ether oxygens (including phenoxy) is 1. The van der Waals surface area contributed by atoms with Crippen LogP contribution in [-0.4, -0.2) is 18.7 Å². The summed E-state index contributed by atoms with van der Waals surface area (Å²) in [5, 5.41) is 3.61. The van der Waals surface area contributed by atoms with Crippen LogP contribution in [0.1, 0.15) is 39.2 Å². The largest absolute Gasteiger partial charge is 0.493 e. The predicted octanol–water partition coefficient (Wildman–Crippen LogP) is 3.19. The van der Waals surface area contributed by atoms with Gasteiger partial charge in [0, 0.05) is 18.0 Å². The molecular formula is C15H23NO. The lowest BCUT2D eigenvalue weighted by atomic mass is 9.84. The van der Waals surface area contributed by atoms with E-state index in [1.165, 1.54) is 5.56 Å². The van der Waals surface area contributed by atoms with Gasteiger partial charge in [-0.1, -0.05) is 25.1 Å². The predicted molar refractivity (Wildman–Crippen MR) is 71.6 cm³/mol. The molecule has 1 aliphatic heterocycles. The Morgan fingerprint density at radius 1 is 1.29 bits per heavy atom. The molecule has 0 amide bonds. The zero-order valence-corrected chi connectivity index (χ0v) is 11.3. The molecule has 2 atom stereocenters. The van der Waals surface area contributed by atoms with E-state index in [9.17, 15) is 0 Å².